The number of fused-ring (bicyclic) bond motifs is 9. The summed E-state index contributed by atoms with van der Waals surface area (Å²) in [6.07, 6.45) is -0.217. The van der Waals surface area contributed by atoms with Gasteiger partial charge in [-0.25, -0.2) is 0 Å². The van der Waals surface area contributed by atoms with E-state index in [1.807, 2.05) is 12.1 Å². The van der Waals surface area contributed by atoms with Gasteiger partial charge in [0.15, 0.2) is 6.29 Å². The Morgan fingerprint density at radius 2 is 1.11 bits per heavy atom. The molecule has 4 aromatic heterocycles. The molecule has 0 spiro atoms. The summed E-state index contributed by atoms with van der Waals surface area (Å²) in [5, 5.41) is 18.0. The van der Waals surface area contributed by atoms with E-state index in [1.165, 1.54) is 71.0 Å². The van der Waals surface area contributed by atoms with Crippen LogP contribution in [0.3, 0.4) is 0 Å². The Bertz CT molecular complexity index is 3510. The van der Waals surface area contributed by atoms with Gasteiger partial charge in [-0.3, -0.25) is 5.32 Å². The topological polar surface area (TPSA) is 46.5 Å². The highest BCUT2D eigenvalue weighted by atomic mass is 16.3. The number of nitrogens with zero attached hydrogens (tertiary/aromatic N) is 2. The maximum Gasteiger partial charge on any atom is 0.160 e. The lowest BCUT2D eigenvalue weighted by Gasteiger charge is -2.36. The van der Waals surface area contributed by atoms with E-state index in [2.05, 4.69) is 177 Å². The molecule has 0 radical (unpaired) electrons. The number of anilines is 1. The fraction of sp³-hybridized carbons (Fsp3) is 0.0400. The number of rotatable bonds is 3. The summed E-state index contributed by atoms with van der Waals surface area (Å²) in [7, 11) is 0. The normalized spacial score (nSPS) is 16.1. The van der Waals surface area contributed by atoms with E-state index in [9.17, 15) is 0 Å². The van der Waals surface area contributed by atoms with Gasteiger partial charge in [0.25, 0.3) is 0 Å². The zero-order valence-corrected chi connectivity index (χ0v) is 29.6. The molecule has 55 heavy (non-hydrogen) atoms. The van der Waals surface area contributed by atoms with Crippen molar-refractivity contribution >= 4 is 87.5 Å². The van der Waals surface area contributed by atoms with Gasteiger partial charge >= 0.3 is 0 Å². The monoisotopic (exact) mass is 704 g/mol. The van der Waals surface area contributed by atoms with Crippen molar-refractivity contribution in [2.75, 3.05) is 5.32 Å². The SMILES string of the molecule is c1ccc2c(c1)NC(n1c3cccc4c5cccc6c7ccccc7n(c7cccc1c7c43)c56)NC2c1ccc(-c2cccc3c2oc2ccccc23)cc1. The van der Waals surface area contributed by atoms with Crippen molar-refractivity contribution in [2.24, 2.45) is 0 Å². The Labute approximate surface area is 315 Å². The third-order valence-electron chi connectivity index (χ3n) is 12.2. The molecule has 2 unspecified atom stereocenters. The highest BCUT2D eigenvalue weighted by molar-refractivity contribution is 6.31. The van der Waals surface area contributed by atoms with E-state index >= 15 is 0 Å². The minimum Gasteiger partial charge on any atom is -0.455 e. The first kappa shape index (κ1) is 29.4. The predicted octanol–water partition coefficient (Wildman–Crippen LogP) is 12.8. The Balaban J connectivity index is 0.999. The molecule has 0 fully saturated rings. The average molecular weight is 705 g/mol. The van der Waals surface area contributed by atoms with Crippen molar-refractivity contribution in [1.29, 1.82) is 0 Å². The number of para-hydroxylation sites is 5. The smallest absolute Gasteiger partial charge is 0.160 e. The van der Waals surface area contributed by atoms with Crippen molar-refractivity contribution < 1.29 is 4.42 Å². The van der Waals surface area contributed by atoms with Crippen LogP contribution in [0.5, 0.6) is 0 Å². The zero-order chi connectivity index (χ0) is 35.8. The summed E-state index contributed by atoms with van der Waals surface area (Å²) in [5.74, 6) is 0. The summed E-state index contributed by atoms with van der Waals surface area (Å²) in [6.45, 7) is 0. The summed E-state index contributed by atoms with van der Waals surface area (Å²) in [6, 6.07) is 61.6. The van der Waals surface area contributed by atoms with Crippen LogP contribution >= 0.6 is 0 Å². The molecule has 2 atom stereocenters. The third kappa shape index (κ3) is 3.89. The minimum atomic E-state index is -0.217. The summed E-state index contributed by atoms with van der Waals surface area (Å²) in [4.78, 5) is 0. The summed E-state index contributed by atoms with van der Waals surface area (Å²) >= 11 is 0. The number of aromatic nitrogens is 2. The van der Waals surface area contributed by atoms with Crippen LogP contribution in [-0.2, 0) is 0 Å². The molecule has 5 heteroatoms. The van der Waals surface area contributed by atoms with Crippen LogP contribution in [0.2, 0.25) is 0 Å². The van der Waals surface area contributed by atoms with Gasteiger partial charge in [0.05, 0.1) is 33.6 Å². The van der Waals surface area contributed by atoms with Gasteiger partial charge in [-0.05, 0) is 58.5 Å². The van der Waals surface area contributed by atoms with Gasteiger partial charge in [0.2, 0.25) is 0 Å². The quantitative estimate of drug-likeness (QED) is 0.192. The zero-order valence-electron chi connectivity index (χ0n) is 29.6. The van der Waals surface area contributed by atoms with E-state index in [4.69, 9.17) is 4.42 Å². The average Bonchev–Trinajstić information content (AvgIpc) is 3.88. The molecule has 13 rings (SSSR count). The van der Waals surface area contributed by atoms with Gasteiger partial charge in [0.1, 0.15) is 11.2 Å². The number of nitrogens with one attached hydrogen (secondary N) is 2. The highest BCUT2D eigenvalue weighted by Gasteiger charge is 2.31. The van der Waals surface area contributed by atoms with Crippen molar-refractivity contribution in [3.63, 3.8) is 0 Å². The first-order chi connectivity index (χ1) is 27.3. The van der Waals surface area contributed by atoms with Crippen LogP contribution < -0.4 is 10.6 Å². The maximum absolute atomic E-state index is 6.41. The highest BCUT2D eigenvalue weighted by Crippen LogP contribution is 2.45. The molecule has 12 aromatic rings. The Morgan fingerprint density at radius 1 is 0.473 bits per heavy atom. The van der Waals surface area contributed by atoms with Gasteiger partial charge in [-0.15, -0.1) is 0 Å². The molecule has 0 amide bonds. The molecule has 1 aliphatic rings. The Hall–Kier alpha value is -7.08. The fourth-order valence-electron chi connectivity index (χ4n) is 9.85. The second-order valence-electron chi connectivity index (χ2n) is 14.9. The molecule has 1 aliphatic heterocycles. The van der Waals surface area contributed by atoms with Crippen molar-refractivity contribution in [3.8, 4) is 11.1 Å². The van der Waals surface area contributed by atoms with Crippen molar-refractivity contribution in [2.45, 2.75) is 12.3 Å². The van der Waals surface area contributed by atoms with Gasteiger partial charge in [-0.1, -0.05) is 133 Å². The predicted molar refractivity (Wildman–Crippen MR) is 227 cm³/mol. The Morgan fingerprint density at radius 3 is 2.02 bits per heavy atom. The molecule has 0 aliphatic carbocycles. The van der Waals surface area contributed by atoms with Crippen LogP contribution in [0.25, 0.3) is 93.0 Å². The second-order valence-corrected chi connectivity index (χ2v) is 14.9. The molecular formula is C50H32N4O. The minimum absolute atomic E-state index is 0.0426. The molecule has 5 heterocycles. The summed E-state index contributed by atoms with van der Waals surface area (Å²) in [5.41, 5.74) is 13.7. The molecule has 258 valence electrons. The first-order valence-corrected chi connectivity index (χ1v) is 19.0. The lowest BCUT2D eigenvalue weighted by atomic mass is 9.93. The number of furan rings is 1. The molecule has 0 saturated heterocycles. The van der Waals surface area contributed by atoms with Crippen LogP contribution in [0, 0.1) is 0 Å². The van der Waals surface area contributed by atoms with Crippen LogP contribution in [0.1, 0.15) is 23.5 Å². The summed E-state index contributed by atoms with van der Waals surface area (Å²) < 4.78 is 11.4. The maximum atomic E-state index is 6.41. The lowest BCUT2D eigenvalue weighted by Crippen LogP contribution is -2.40. The number of hydrogen-bond donors (Lipinski definition) is 2. The first-order valence-electron chi connectivity index (χ1n) is 19.0. The number of hydrogen-bond acceptors (Lipinski definition) is 3. The third-order valence-corrected chi connectivity index (χ3v) is 12.2. The van der Waals surface area contributed by atoms with Crippen LogP contribution in [0.4, 0.5) is 5.69 Å². The molecule has 5 nitrogen and oxygen atoms in total. The van der Waals surface area contributed by atoms with Crippen molar-refractivity contribution in [3.05, 3.63) is 181 Å². The van der Waals surface area contributed by atoms with Crippen LogP contribution in [0.15, 0.2) is 174 Å². The molecule has 0 saturated carbocycles. The lowest BCUT2D eigenvalue weighted by molar-refractivity contribution is 0.417. The van der Waals surface area contributed by atoms with Crippen molar-refractivity contribution in [1.82, 2.24) is 14.3 Å². The largest absolute Gasteiger partial charge is 0.455 e. The van der Waals surface area contributed by atoms with E-state index < -0.39 is 0 Å². The molecule has 0 bridgehead atoms. The molecule has 2 N–H and O–H groups in total. The van der Waals surface area contributed by atoms with Gasteiger partial charge in [0, 0.05) is 49.0 Å². The van der Waals surface area contributed by atoms with Gasteiger partial charge in [-0.2, -0.15) is 0 Å². The standard InChI is InChI=1S/C50H32N4O/c1-4-19-39-38(13-1)47(30-27-25-29(26-28-30)31-14-7-18-37-33-12-3-6-24-44(33)55-49(31)37)52-50(51-39)54-41-21-9-15-34-36-17-8-16-35-32-11-2-5-20-40(32)53(48(35)36)42-22-10-23-43(54)46(42)45(34)41/h1-28,47,50-52H. The van der Waals surface area contributed by atoms with E-state index in [0.29, 0.717) is 0 Å². The van der Waals surface area contributed by atoms with Gasteiger partial charge < -0.3 is 18.7 Å². The molecular weight excluding hydrogens is 673 g/mol. The Kier molecular flexibility index (Phi) is 5.74. The fourth-order valence-corrected chi connectivity index (χ4v) is 9.85. The molecule has 8 aromatic carbocycles. The number of benzene rings is 8. The van der Waals surface area contributed by atoms with Crippen LogP contribution in [-0.4, -0.2) is 8.97 Å². The van der Waals surface area contributed by atoms with E-state index in [-0.39, 0.29) is 12.3 Å². The second kappa shape index (κ2) is 10.8. The van der Waals surface area contributed by atoms with E-state index in [1.54, 1.807) is 0 Å². The van der Waals surface area contributed by atoms with E-state index in [0.717, 1.165) is 38.8 Å².